The number of rotatable bonds is 7. The van der Waals surface area contributed by atoms with Gasteiger partial charge < -0.3 is 13.7 Å². The summed E-state index contributed by atoms with van der Waals surface area (Å²) in [4.78, 5) is 17.5. The minimum Gasteiger partial charge on any atom is -0.358 e. The minimum absolute atomic E-state index is 0.0727. The predicted molar refractivity (Wildman–Crippen MR) is 150 cm³/mol. The van der Waals surface area contributed by atoms with Crippen molar-refractivity contribution < 1.29 is 16.5 Å². The van der Waals surface area contributed by atoms with Crippen molar-refractivity contribution >= 4 is 43.3 Å². The number of unbranched alkanes of at least 4 members (excludes halogenated alkanes) is 1. The number of nitrogens with zero attached hydrogens (tertiary/aromatic N) is 2. The third kappa shape index (κ3) is 4.45. The number of hydrogen-bond acceptors (Lipinski definition) is 5. The lowest BCUT2D eigenvalue weighted by Gasteiger charge is -2.31. The molecule has 1 N–H and O–H groups in total. The Kier molecular flexibility index (Phi) is 6.15. The number of nitrogens with one attached hydrogen (secondary N) is 1. The van der Waals surface area contributed by atoms with Gasteiger partial charge >= 0.3 is 10.5 Å². The predicted octanol–water partition coefficient (Wildman–Crippen LogP) is 6.84. The summed E-state index contributed by atoms with van der Waals surface area (Å²) in [6.07, 6.45) is 5.63. The molecule has 39 heavy (non-hydrogen) atoms. The molecule has 9 heteroatoms. The van der Waals surface area contributed by atoms with Crippen LogP contribution in [0.3, 0.4) is 0 Å². The first-order valence-corrected chi connectivity index (χ1v) is 14.4. The number of hydrogen-bond donors (Lipinski definition) is 1. The second-order valence-corrected chi connectivity index (χ2v) is 11.1. The van der Waals surface area contributed by atoms with E-state index in [1.54, 1.807) is 18.2 Å². The number of halogens is 1. The maximum absolute atomic E-state index is 14.1. The van der Waals surface area contributed by atoms with Crippen molar-refractivity contribution in [3.8, 4) is 22.9 Å². The Morgan fingerprint density at radius 2 is 1.95 bits per heavy atom. The van der Waals surface area contributed by atoms with Crippen LogP contribution >= 0.6 is 0 Å². The Morgan fingerprint density at radius 3 is 2.64 bits per heavy atom. The Balaban J connectivity index is 1.68. The van der Waals surface area contributed by atoms with E-state index in [2.05, 4.69) is 26.7 Å². The normalized spacial score (nSPS) is 14.1. The van der Waals surface area contributed by atoms with Gasteiger partial charge in [-0.2, -0.15) is 13.7 Å². The molecule has 0 atom stereocenters. The van der Waals surface area contributed by atoms with E-state index in [-0.39, 0.29) is 17.2 Å². The van der Waals surface area contributed by atoms with Crippen molar-refractivity contribution in [3.63, 3.8) is 0 Å². The van der Waals surface area contributed by atoms with Crippen molar-refractivity contribution in [1.29, 1.82) is 5.26 Å². The number of H-pyrrole nitrogens is 1. The first kappa shape index (κ1) is 25.1. The zero-order valence-corrected chi connectivity index (χ0v) is 22.1. The summed E-state index contributed by atoms with van der Waals surface area (Å²) < 4.78 is 42.2. The molecule has 0 radical (unpaired) electrons. The summed E-state index contributed by atoms with van der Waals surface area (Å²) >= 11 is 0. The fourth-order valence-corrected chi connectivity index (χ4v) is 5.96. The first-order chi connectivity index (χ1) is 18.8. The maximum atomic E-state index is 14.1. The Morgan fingerprint density at radius 1 is 1.13 bits per heavy atom. The third-order valence-corrected chi connectivity index (χ3v) is 8.07. The average molecular weight is 544 g/mol. The van der Waals surface area contributed by atoms with Gasteiger partial charge in [0.05, 0.1) is 22.5 Å². The van der Waals surface area contributed by atoms with Crippen molar-refractivity contribution in [2.24, 2.45) is 0 Å². The van der Waals surface area contributed by atoms with Crippen LogP contribution in [0.4, 0.5) is 3.89 Å². The molecule has 0 unspecified atom stereocenters. The van der Waals surface area contributed by atoms with Crippen molar-refractivity contribution in [1.82, 2.24) is 9.55 Å². The molecule has 0 amide bonds. The van der Waals surface area contributed by atoms with Crippen molar-refractivity contribution in [2.45, 2.75) is 51.5 Å². The van der Waals surface area contributed by atoms with E-state index in [0.29, 0.717) is 28.3 Å². The smallest absolute Gasteiger partial charge is 0.358 e. The lowest BCUT2D eigenvalue weighted by Crippen LogP contribution is -2.21. The van der Waals surface area contributed by atoms with E-state index >= 15 is 0 Å². The monoisotopic (exact) mass is 543 g/mol. The van der Waals surface area contributed by atoms with Crippen LogP contribution in [0.5, 0.6) is 5.75 Å². The molecule has 2 aromatic heterocycles. The number of nitriles is 1. The number of fused-ring (bicyclic) bond motifs is 4. The molecule has 5 aromatic rings. The van der Waals surface area contributed by atoms with E-state index in [4.69, 9.17) is 0 Å². The molecule has 0 aliphatic heterocycles. The molecule has 0 saturated heterocycles. The lowest BCUT2D eigenvalue weighted by atomic mass is 9.90. The molecule has 1 aliphatic rings. The highest BCUT2D eigenvalue weighted by molar-refractivity contribution is 7.81. The summed E-state index contributed by atoms with van der Waals surface area (Å²) in [6.45, 7) is 2.09. The van der Waals surface area contributed by atoms with Gasteiger partial charge in [-0.25, -0.2) is 0 Å². The summed E-state index contributed by atoms with van der Waals surface area (Å²) in [6, 6.07) is 18.0. The molecule has 7 nitrogen and oxygen atoms in total. The van der Waals surface area contributed by atoms with Gasteiger partial charge in [0.25, 0.3) is 0 Å². The highest BCUT2D eigenvalue weighted by atomic mass is 32.3. The molecule has 0 bridgehead atoms. The molecular formula is C30H26FN3O4S. The largest absolute Gasteiger partial charge is 0.488 e. The van der Waals surface area contributed by atoms with Crippen LogP contribution in [0, 0.1) is 11.3 Å². The molecular weight excluding hydrogens is 517 g/mol. The average Bonchev–Trinajstić information content (AvgIpc) is 3.26. The SMILES string of the molecule is CCCCc1cc2c(=O)c3c4ccc(C#N)cc4[nH]c3n(C3CCC3)c2cc1-c1cccc(OS(=O)(=O)F)c1. The van der Waals surface area contributed by atoms with E-state index in [0.717, 1.165) is 65.3 Å². The van der Waals surface area contributed by atoms with Gasteiger partial charge in [0.2, 0.25) is 0 Å². The third-order valence-electron chi connectivity index (χ3n) is 7.68. The van der Waals surface area contributed by atoms with Crippen LogP contribution in [0.2, 0.25) is 0 Å². The second-order valence-electron chi connectivity index (χ2n) is 10.1. The topological polar surface area (TPSA) is 105 Å². The summed E-state index contributed by atoms with van der Waals surface area (Å²) in [7, 11) is -5.17. The van der Waals surface area contributed by atoms with E-state index in [9.17, 15) is 22.4 Å². The lowest BCUT2D eigenvalue weighted by molar-refractivity contribution is 0.327. The summed E-state index contributed by atoms with van der Waals surface area (Å²) in [5, 5.41) is 11.4. The number of aromatic nitrogens is 2. The van der Waals surface area contributed by atoms with Gasteiger partial charge in [-0.05, 0) is 85.2 Å². The molecule has 198 valence electrons. The zero-order valence-electron chi connectivity index (χ0n) is 21.3. The standard InChI is InChI=1S/C30H26FN3O4S/c1-2-3-6-20-15-25-27(16-24(20)19-7-4-10-22(14-19)38-39(31,36)37)34(21-8-5-9-21)30-28(29(25)35)23-12-11-18(17-32)13-26(23)33-30/h4,7,10-16,21,33H,2-3,5-6,8-9H2,1H3. The van der Waals surface area contributed by atoms with Gasteiger partial charge in [-0.1, -0.05) is 35.4 Å². The van der Waals surface area contributed by atoms with Crippen LogP contribution in [0.25, 0.3) is 44.0 Å². The maximum Gasteiger partial charge on any atom is 0.488 e. The van der Waals surface area contributed by atoms with E-state index in [1.165, 1.54) is 12.1 Å². The molecule has 0 spiro atoms. The molecule has 3 aromatic carbocycles. The summed E-state index contributed by atoms with van der Waals surface area (Å²) in [5.41, 5.74) is 5.17. The van der Waals surface area contributed by atoms with Gasteiger partial charge in [0.1, 0.15) is 11.4 Å². The van der Waals surface area contributed by atoms with Crippen molar-refractivity contribution in [2.75, 3.05) is 0 Å². The molecule has 1 fully saturated rings. The fraction of sp³-hybridized carbons (Fsp3) is 0.267. The van der Waals surface area contributed by atoms with Crippen LogP contribution in [-0.2, 0) is 16.9 Å². The number of aryl methyl sites for hydroxylation is 1. The zero-order chi connectivity index (χ0) is 27.3. The summed E-state index contributed by atoms with van der Waals surface area (Å²) in [5.74, 6) is -0.118. The molecule has 6 rings (SSSR count). The Bertz CT molecular complexity index is 1980. The van der Waals surface area contributed by atoms with Gasteiger partial charge in [0, 0.05) is 22.3 Å². The fourth-order valence-electron chi connectivity index (χ4n) is 5.63. The molecule has 1 saturated carbocycles. The van der Waals surface area contributed by atoms with Gasteiger partial charge in [0.15, 0.2) is 5.43 Å². The highest BCUT2D eigenvalue weighted by Gasteiger charge is 2.26. The second kappa shape index (κ2) is 9.54. The number of pyridine rings is 1. The Labute approximate surface area is 224 Å². The minimum atomic E-state index is -5.17. The van der Waals surface area contributed by atoms with Crippen LogP contribution < -0.4 is 9.61 Å². The first-order valence-electron chi connectivity index (χ1n) is 13.1. The van der Waals surface area contributed by atoms with Crippen LogP contribution in [0.1, 0.15) is 56.2 Å². The molecule has 2 heterocycles. The van der Waals surface area contributed by atoms with Gasteiger partial charge in [-0.15, -0.1) is 0 Å². The number of benzene rings is 3. The Hall–Kier alpha value is -4.16. The van der Waals surface area contributed by atoms with E-state index in [1.807, 2.05) is 24.3 Å². The van der Waals surface area contributed by atoms with Gasteiger partial charge in [-0.3, -0.25) is 4.79 Å². The quantitative estimate of drug-likeness (QED) is 0.226. The highest BCUT2D eigenvalue weighted by Crippen LogP contribution is 2.40. The van der Waals surface area contributed by atoms with Crippen LogP contribution in [-0.4, -0.2) is 18.0 Å². The molecule has 1 aliphatic carbocycles. The van der Waals surface area contributed by atoms with Crippen molar-refractivity contribution in [3.05, 3.63) is 75.9 Å². The van der Waals surface area contributed by atoms with Crippen LogP contribution in [0.15, 0.2) is 59.4 Å². The number of aromatic amines is 1. The van der Waals surface area contributed by atoms with E-state index < -0.39 is 10.5 Å².